The number of urea groups is 1. The second-order valence-electron chi connectivity index (χ2n) is 4.66. The van der Waals surface area contributed by atoms with Crippen LogP contribution >= 0.6 is 0 Å². The minimum Gasteiger partial charge on any atom is -0.481 e. The van der Waals surface area contributed by atoms with Crippen LogP contribution in [-0.4, -0.2) is 35.1 Å². The van der Waals surface area contributed by atoms with Crippen molar-refractivity contribution in [3.8, 4) is 5.88 Å². The summed E-state index contributed by atoms with van der Waals surface area (Å²) in [6.45, 7) is 2.55. The van der Waals surface area contributed by atoms with Crippen molar-refractivity contribution in [1.29, 1.82) is 0 Å². The zero-order valence-corrected chi connectivity index (χ0v) is 12.3. The molecule has 0 aliphatic rings. The largest absolute Gasteiger partial charge is 0.481 e. The van der Waals surface area contributed by atoms with Gasteiger partial charge in [-0.15, -0.1) is 0 Å². The first-order valence-corrected chi connectivity index (χ1v) is 6.53. The van der Waals surface area contributed by atoms with E-state index in [0.717, 1.165) is 11.1 Å². The molecule has 0 fully saturated rings. The molecule has 0 unspecified atom stereocenters. The Kier molecular flexibility index (Phi) is 4.71. The zero-order chi connectivity index (χ0) is 15.2. The maximum atomic E-state index is 12.1. The van der Waals surface area contributed by atoms with Gasteiger partial charge in [-0.2, -0.15) is 0 Å². The molecule has 1 aromatic heterocycles. The molecule has 0 spiro atoms. The van der Waals surface area contributed by atoms with Gasteiger partial charge in [0.15, 0.2) is 0 Å². The van der Waals surface area contributed by atoms with Gasteiger partial charge in [0, 0.05) is 19.7 Å². The first-order valence-electron chi connectivity index (χ1n) is 6.53. The fraction of sp³-hybridized carbons (Fsp3) is 0.267. The number of hydrogen-bond donors (Lipinski definition) is 1. The summed E-state index contributed by atoms with van der Waals surface area (Å²) in [6, 6.07) is 9.30. The summed E-state index contributed by atoms with van der Waals surface area (Å²) in [6.07, 6.45) is 1.34. The van der Waals surface area contributed by atoms with E-state index in [4.69, 9.17) is 4.74 Å². The van der Waals surface area contributed by atoms with Crippen LogP contribution in [0.5, 0.6) is 5.88 Å². The number of methoxy groups -OCH3 is 1. The number of benzene rings is 1. The van der Waals surface area contributed by atoms with E-state index in [1.807, 2.05) is 31.2 Å². The van der Waals surface area contributed by atoms with Gasteiger partial charge in [0.2, 0.25) is 5.88 Å². The van der Waals surface area contributed by atoms with Crippen LogP contribution in [0, 0.1) is 6.92 Å². The van der Waals surface area contributed by atoms with Gasteiger partial charge in [0.25, 0.3) is 0 Å². The highest BCUT2D eigenvalue weighted by Gasteiger charge is 2.11. The predicted octanol–water partition coefficient (Wildman–Crippen LogP) is 2.46. The van der Waals surface area contributed by atoms with Gasteiger partial charge in [0.1, 0.15) is 12.1 Å². The van der Waals surface area contributed by atoms with Crippen LogP contribution in [0.4, 0.5) is 10.6 Å². The van der Waals surface area contributed by atoms with E-state index in [0.29, 0.717) is 18.2 Å². The summed E-state index contributed by atoms with van der Waals surface area (Å²) in [5.41, 5.74) is 2.26. The van der Waals surface area contributed by atoms with Crippen molar-refractivity contribution in [2.24, 2.45) is 0 Å². The standard InChI is InChI=1S/C15H18N4O2/c1-11-6-4-5-7-12(11)9-19(2)15(20)18-13-8-14(21-3)17-10-16-13/h4-8,10H,9H2,1-3H3,(H,16,17,18,20). The van der Waals surface area contributed by atoms with Crippen molar-refractivity contribution >= 4 is 11.8 Å². The van der Waals surface area contributed by atoms with Gasteiger partial charge >= 0.3 is 6.03 Å². The molecular formula is C15H18N4O2. The average Bonchev–Trinajstić information content (AvgIpc) is 2.49. The number of aromatic nitrogens is 2. The summed E-state index contributed by atoms with van der Waals surface area (Å²) < 4.78 is 4.99. The molecule has 1 heterocycles. The van der Waals surface area contributed by atoms with E-state index in [1.54, 1.807) is 18.0 Å². The second kappa shape index (κ2) is 6.69. The van der Waals surface area contributed by atoms with E-state index >= 15 is 0 Å². The van der Waals surface area contributed by atoms with Crippen LogP contribution < -0.4 is 10.1 Å². The van der Waals surface area contributed by atoms with E-state index in [2.05, 4.69) is 15.3 Å². The van der Waals surface area contributed by atoms with Gasteiger partial charge in [-0.05, 0) is 18.1 Å². The number of carbonyl (C=O) groups is 1. The van der Waals surface area contributed by atoms with Crippen LogP contribution in [0.25, 0.3) is 0 Å². The van der Waals surface area contributed by atoms with E-state index in [9.17, 15) is 4.79 Å². The Balaban J connectivity index is 2.01. The molecule has 0 aliphatic carbocycles. The highest BCUT2D eigenvalue weighted by Crippen LogP contribution is 2.13. The molecule has 0 saturated carbocycles. The summed E-state index contributed by atoms with van der Waals surface area (Å²) in [5.74, 6) is 0.811. The Hall–Kier alpha value is -2.63. The molecule has 110 valence electrons. The third kappa shape index (κ3) is 3.92. The number of nitrogens with zero attached hydrogens (tertiary/aromatic N) is 3. The first-order chi connectivity index (χ1) is 10.1. The molecule has 0 bridgehead atoms. The summed E-state index contributed by atoms with van der Waals surface area (Å²) in [4.78, 5) is 21.6. The number of rotatable bonds is 4. The monoisotopic (exact) mass is 286 g/mol. The van der Waals surface area contributed by atoms with Gasteiger partial charge in [-0.3, -0.25) is 5.32 Å². The minimum absolute atomic E-state index is 0.237. The third-order valence-electron chi connectivity index (χ3n) is 3.10. The van der Waals surface area contributed by atoms with Crippen molar-refractivity contribution < 1.29 is 9.53 Å². The summed E-state index contributed by atoms with van der Waals surface area (Å²) in [7, 11) is 3.25. The number of aryl methyl sites for hydroxylation is 1. The molecule has 6 heteroatoms. The fourth-order valence-corrected chi connectivity index (χ4v) is 1.84. The maximum absolute atomic E-state index is 12.1. The topological polar surface area (TPSA) is 67.3 Å². The number of hydrogen-bond acceptors (Lipinski definition) is 4. The molecule has 0 atom stereocenters. The van der Waals surface area contributed by atoms with Crippen molar-refractivity contribution in [3.63, 3.8) is 0 Å². The Morgan fingerprint density at radius 3 is 2.81 bits per heavy atom. The third-order valence-corrected chi connectivity index (χ3v) is 3.10. The molecule has 2 amide bonds. The number of anilines is 1. The lowest BCUT2D eigenvalue weighted by Crippen LogP contribution is -2.31. The Labute approximate surface area is 123 Å². The van der Waals surface area contributed by atoms with Crippen LogP contribution in [0.1, 0.15) is 11.1 Å². The molecule has 0 saturated heterocycles. The molecule has 2 aromatic rings. The lowest BCUT2D eigenvalue weighted by Gasteiger charge is -2.18. The molecule has 1 N–H and O–H groups in total. The lowest BCUT2D eigenvalue weighted by molar-refractivity contribution is 0.220. The minimum atomic E-state index is -0.237. The number of amides is 2. The summed E-state index contributed by atoms with van der Waals surface area (Å²) >= 11 is 0. The Morgan fingerprint density at radius 2 is 2.10 bits per heavy atom. The van der Waals surface area contributed by atoms with E-state index in [-0.39, 0.29) is 6.03 Å². The van der Waals surface area contributed by atoms with Crippen molar-refractivity contribution in [2.75, 3.05) is 19.5 Å². The van der Waals surface area contributed by atoms with Crippen LogP contribution in [0.3, 0.4) is 0 Å². The summed E-state index contributed by atoms with van der Waals surface area (Å²) in [5, 5.41) is 2.71. The van der Waals surface area contributed by atoms with Gasteiger partial charge in [0.05, 0.1) is 7.11 Å². The predicted molar refractivity (Wildman–Crippen MR) is 80.2 cm³/mol. The number of nitrogens with one attached hydrogen (secondary N) is 1. The Bertz CT molecular complexity index is 631. The smallest absolute Gasteiger partial charge is 0.323 e. The molecule has 21 heavy (non-hydrogen) atoms. The highest BCUT2D eigenvalue weighted by molar-refractivity contribution is 5.88. The molecule has 6 nitrogen and oxygen atoms in total. The van der Waals surface area contributed by atoms with Crippen LogP contribution in [0.2, 0.25) is 0 Å². The van der Waals surface area contributed by atoms with Crippen molar-refractivity contribution in [3.05, 3.63) is 47.8 Å². The van der Waals surface area contributed by atoms with Gasteiger partial charge in [-0.1, -0.05) is 24.3 Å². The van der Waals surface area contributed by atoms with Gasteiger partial charge in [-0.25, -0.2) is 14.8 Å². The average molecular weight is 286 g/mol. The molecule has 0 radical (unpaired) electrons. The van der Waals surface area contributed by atoms with E-state index in [1.165, 1.54) is 13.4 Å². The molecule has 1 aromatic carbocycles. The lowest BCUT2D eigenvalue weighted by atomic mass is 10.1. The molecule has 2 rings (SSSR count). The first kappa shape index (κ1) is 14.8. The van der Waals surface area contributed by atoms with E-state index < -0.39 is 0 Å². The van der Waals surface area contributed by atoms with Crippen LogP contribution in [0.15, 0.2) is 36.7 Å². The second-order valence-corrected chi connectivity index (χ2v) is 4.66. The zero-order valence-electron chi connectivity index (χ0n) is 12.3. The Morgan fingerprint density at radius 1 is 1.33 bits per heavy atom. The normalized spacial score (nSPS) is 10.0. The molecule has 0 aliphatic heterocycles. The van der Waals surface area contributed by atoms with Crippen molar-refractivity contribution in [2.45, 2.75) is 13.5 Å². The fourth-order valence-electron chi connectivity index (χ4n) is 1.84. The van der Waals surface area contributed by atoms with Crippen LogP contribution in [-0.2, 0) is 6.54 Å². The number of ether oxygens (including phenoxy) is 1. The quantitative estimate of drug-likeness (QED) is 0.937. The number of carbonyl (C=O) groups excluding carboxylic acids is 1. The SMILES string of the molecule is COc1cc(NC(=O)N(C)Cc2ccccc2C)ncn1. The van der Waals surface area contributed by atoms with Crippen molar-refractivity contribution in [1.82, 2.24) is 14.9 Å². The molecular weight excluding hydrogens is 268 g/mol. The highest BCUT2D eigenvalue weighted by atomic mass is 16.5. The maximum Gasteiger partial charge on any atom is 0.323 e. The van der Waals surface area contributed by atoms with Gasteiger partial charge < -0.3 is 9.64 Å².